The van der Waals surface area contributed by atoms with Gasteiger partial charge in [0.05, 0.1) is 0 Å². The Morgan fingerprint density at radius 2 is 2.08 bits per heavy atom. The number of nitrogens with one attached hydrogen (secondary N) is 1. The van der Waals surface area contributed by atoms with Crippen LogP contribution in [0.15, 0.2) is 40.4 Å². The van der Waals surface area contributed by atoms with Crippen molar-refractivity contribution in [3.05, 3.63) is 57.5 Å². The van der Waals surface area contributed by atoms with Gasteiger partial charge in [-0.1, -0.05) is 36.0 Å². The van der Waals surface area contributed by atoms with Crippen LogP contribution in [0, 0.1) is 0 Å². The Hall–Kier alpha value is -2.12. The molecule has 1 aromatic heterocycles. The minimum Gasteiger partial charge on any atom is -0.351 e. The minimum atomic E-state index is -0.331. The number of fused-ring (bicyclic) bond motifs is 2. The van der Waals surface area contributed by atoms with Crippen LogP contribution in [-0.2, 0) is 19.5 Å². The zero-order valence-electron chi connectivity index (χ0n) is 13.9. The Morgan fingerprint density at radius 1 is 1.24 bits per heavy atom. The first-order chi connectivity index (χ1) is 12.2. The first-order valence-corrected chi connectivity index (χ1v) is 9.51. The Bertz CT molecular complexity index is 864. The highest BCUT2D eigenvalue weighted by molar-refractivity contribution is 7.99. The molecule has 2 aromatic rings. The van der Waals surface area contributed by atoms with Crippen molar-refractivity contribution < 1.29 is 4.79 Å². The monoisotopic (exact) mass is 356 g/mol. The van der Waals surface area contributed by atoms with Crippen molar-refractivity contribution in [1.29, 1.82) is 0 Å². The maximum Gasteiger partial charge on any atom is 0.267 e. The van der Waals surface area contributed by atoms with Crippen LogP contribution in [0.25, 0.3) is 0 Å². The van der Waals surface area contributed by atoms with Gasteiger partial charge in [-0.15, -0.1) is 0 Å². The number of amides is 1. The molecule has 1 aromatic carbocycles. The molecule has 0 bridgehead atoms. The fourth-order valence-electron chi connectivity index (χ4n) is 3.34. The second-order valence-corrected chi connectivity index (χ2v) is 7.37. The zero-order chi connectivity index (χ0) is 17.2. The Morgan fingerprint density at radius 3 is 2.96 bits per heavy atom. The smallest absolute Gasteiger partial charge is 0.267 e. The largest absolute Gasteiger partial charge is 0.351 e. The van der Waals surface area contributed by atoms with Crippen molar-refractivity contribution in [2.75, 3.05) is 25.4 Å². The summed E-state index contributed by atoms with van der Waals surface area (Å²) in [5.74, 6) is 0.506. The lowest BCUT2D eigenvalue weighted by molar-refractivity contribution is 0.0944. The molecular formula is C18H20N4O2S. The standard InChI is InChI=1S/C18H20N4O2S/c23-16(15-11-20-18-22(17(15)24)9-10-25-18)19-6-8-21-7-5-13-3-1-2-4-14(13)12-21/h1-4,11H,5-10,12H2,(H,19,23). The molecule has 0 aliphatic carbocycles. The van der Waals surface area contributed by atoms with Gasteiger partial charge in [-0.05, 0) is 17.5 Å². The Labute approximate surface area is 150 Å². The normalized spacial score (nSPS) is 16.3. The second kappa shape index (κ2) is 7.01. The van der Waals surface area contributed by atoms with Crippen LogP contribution in [0.2, 0.25) is 0 Å². The lowest BCUT2D eigenvalue weighted by atomic mass is 10.00. The zero-order valence-corrected chi connectivity index (χ0v) is 14.7. The third-order valence-electron chi connectivity index (χ3n) is 4.72. The molecule has 1 N–H and O–H groups in total. The summed E-state index contributed by atoms with van der Waals surface area (Å²) in [5, 5.41) is 3.56. The van der Waals surface area contributed by atoms with E-state index in [0.717, 1.165) is 31.8 Å². The van der Waals surface area contributed by atoms with Crippen LogP contribution in [0.1, 0.15) is 21.5 Å². The summed E-state index contributed by atoms with van der Waals surface area (Å²) in [5.41, 5.74) is 2.67. The summed E-state index contributed by atoms with van der Waals surface area (Å²) < 4.78 is 1.58. The van der Waals surface area contributed by atoms with Crippen molar-refractivity contribution in [3.8, 4) is 0 Å². The minimum absolute atomic E-state index is 0.134. The summed E-state index contributed by atoms with van der Waals surface area (Å²) in [6.45, 7) is 3.83. The Kier molecular flexibility index (Phi) is 4.59. The number of nitrogens with zero attached hydrogens (tertiary/aromatic N) is 3. The van der Waals surface area contributed by atoms with E-state index in [0.29, 0.717) is 18.2 Å². The molecule has 25 heavy (non-hydrogen) atoms. The molecule has 0 unspecified atom stereocenters. The van der Waals surface area contributed by atoms with Crippen molar-refractivity contribution in [1.82, 2.24) is 19.8 Å². The summed E-state index contributed by atoms with van der Waals surface area (Å²) in [7, 11) is 0. The molecule has 0 atom stereocenters. The molecule has 130 valence electrons. The fraction of sp³-hybridized carbons (Fsp3) is 0.389. The lowest BCUT2D eigenvalue weighted by Gasteiger charge is -2.28. The van der Waals surface area contributed by atoms with Crippen LogP contribution >= 0.6 is 11.8 Å². The summed E-state index contributed by atoms with van der Waals surface area (Å²) in [6, 6.07) is 8.49. The number of carbonyl (C=O) groups is 1. The highest BCUT2D eigenvalue weighted by Crippen LogP contribution is 2.20. The van der Waals surface area contributed by atoms with E-state index < -0.39 is 0 Å². The first kappa shape index (κ1) is 16.4. The lowest BCUT2D eigenvalue weighted by Crippen LogP contribution is -2.39. The quantitative estimate of drug-likeness (QED) is 0.832. The van der Waals surface area contributed by atoms with Crippen LogP contribution in [0.4, 0.5) is 0 Å². The van der Waals surface area contributed by atoms with E-state index in [1.54, 1.807) is 16.3 Å². The molecule has 0 spiro atoms. The molecule has 1 amide bonds. The average molecular weight is 356 g/mol. The maximum atomic E-state index is 12.3. The van der Waals surface area contributed by atoms with Crippen molar-refractivity contribution in [3.63, 3.8) is 0 Å². The molecule has 0 saturated carbocycles. The topological polar surface area (TPSA) is 67.2 Å². The predicted molar refractivity (Wildman–Crippen MR) is 97.0 cm³/mol. The molecule has 7 heteroatoms. The molecule has 6 nitrogen and oxygen atoms in total. The van der Waals surface area contributed by atoms with E-state index in [1.807, 2.05) is 0 Å². The molecular weight excluding hydrogens is 336 g/mol. The Balaban J connectivity index is 1.34. The second-order valence-electron chi connectivity index (χ2n) is 6.31. The van der Waals surface area contributed by atoms with Gasteiger partial charge in [0, 0.05) is 44.7 Å². The van der Waals surface area contributed by atoms with Gasteiger partial charge in [0.15, 0.2) is 5.16 Å². The number of aromatic nitrogens is 2. The van der Waals surface area contributed by atoms with Crippen LogP contribution in [0.5, 0.6) is 0 Å². The number of benzene rings is 1. The molecule has 4 rings (SSSR count). The summed E-state index contributed by atoms with van der Waals surface area (Å²) >= 11 is 1.55. The highest BCUT2D eigenvalue weighted by atomic mass is 32.2. The van der Waals surface area contributed by atoms with E-state index in [2.05, 4.69) is 39.5 Å². The van der Waals surface area contributed by atoms with Crippen molar-refractivity contribution in [2.24, 2.45) is 0 Å². The summed E-state index contributed by atoms with van der Waals surface area (Å²) in [6.07, 6.45) is 2.44. The molecule has 2 aliphatic heterocycles. The van der Waals surface area contributed by atoms with E-state index in [4.69, 9.17) is 0 Å². The van der Waals surface area contributed by atoms with Crippen LogP contribution in [-0.4, -0.2) is 45.7 Å². The van der Waals surface area contributed by atoms with E-state index >= 15 is 0 Å². The highest BCUT2D eigenvalue weighted by Gasteiger charge is 2.20. The fourth-order valence-corrected chi connectivity index (χ4v) is 4.25. The maximum absolute atomic E-state index is 12.3. The van der Waals surface area contributed by atoms with Gasteiger partial charge in [0.25, 0.3) is 11.5 Å². The number of rotatable bonds is 4. The van der Waals surface area contributed by atoms with Gasteiger partial charge in [0.2, 0.25) is 0 Å². The van der Waals surface area contributed by atoms with Crippen molar-refractivity contribution >= 4 is 17.7 Å². The number of carbonyl (C=O) groups excluding carboxylic acids is 1. The predicted octanol–water partition coefficient (Wildman–Crippen LogP) is 1.14. The number of thioether (sulfide) groups is 1. The van der Waals surface area contributed by atoms with Gasteiger partial charge in [0.1, 0.15) is 5.56 Å². The van der Waals surface area contributed by atoms with Gasteiger partial charge >= 0.3 is 0 Å². The third kappa shape index (κ3) is 3.34. The van der Waals surface area contributed by atoms with Gasteiger partial charge < -0.3 is 5.32 Å². The number of hydrogen-bond acceptors (Lipinski definition) is 5. The van der Waals surface area contributed by atoms with E-state index in [1.165, 1.54) is 17.3 Å². The summed E-state index contributed by atoms with van der Waals surface area (Å²) in [4.78, 5) is 31.2. The van der Waals surface area contributed by atoms with E-state index in [9.17, 15) is 9.59 Å². The number of hydrogen-bond donors (Lipinski definition) is 1. The van der Waals surface area contributed by atoms with E-state index in [-0.39, 0.29) is 17.0 Å². The van der Waals surface area contributed by atoms with Crippen LogP contribution < -0.4 is 10.9 Å². The van der Waals surface area contributed by atoms with Gasteiger partial charge in [-0.25, -0.2) is 4.98 Å². The van der Waals surface area contributed by atoms with Gasteiger partial charge in [-0.2, -0.15) is 0 Å². The van der Waals surface area contributed by atoms with Crippen LogP contribution in [0.3, 0.4) is 0 Å². The average Bonchev–Trinajstić information content (AvgIpc) is 3.11. The molecule has 2 aliphatic rings. The molecule has 3 heterocycles. The van der Waals surface area contributed by atoms with Crippen molar-refractivity contribution in [2.45, 2.75) is 24.7 Å². The molecule has 0 saturated heterocycles. The van der Waals surface area contributed by atoms with Gasteiger partial charge in [-0.3, -0.25) is 19.1 Å². The molecule has 0 radical (unpaired) electrons. The third-order valence-corrected chi connectivity index (χ3v) is 5.70. The molecule has 0 fully saturated rings. The SMILES string of the molecule is O=C(NCCN1CCc2ccccc2C1)c1cnc2n(c1=O)CCS2. The first-order valence-electron chi connectivity index (χ1n) is 8.52.